The van der Waals surface area contributed by atoms with Crippen LogP contribution in [0, 0.1) is 9.49 Å². The Labute approximate surface area is 110 Å². The van der Waals surface area contributed by atoms with Gasteiger partial charge in [-0.05, 0) is 72.4 Å². The Morgan fingerprint density at radius 1 is 1.25 bits per heavy atom. The highest BCUT2D eigenvalue weighted by Gasteiger charge is 2.34. The number of nitrogens with zero attached hydrogens (tertiary/aromatic N) is 1. The summed E-state index contributed by atoms with van der Waals surface area (Å²) in [6.07, 6.45) is 5.59. The van der Waals surface area contributed by atoms with E-state index in [4.69, 9.17) is 5.73 Å². The smallest absolute Gasteiger partial charge is 0.0506 e. The monoisotopic (exact) mass is 328 g/mol. The predicted octanol–water partition coefficient (Wildman–Crippen LogP) is 3.25. The molecule has 0 amide bonds. The molecular weight excluding hydrogens is 311 g/mol. The molecule has 2 fully saturated rings. The average molecular weight is 328 g/mol. The van der Waals surface area contributed by atoms with E-state index in [1.807, 2.05) is 6.07 Å². The Bertz CT molecular complexity index is 397. The number of halogens is 1. The number of anilines is 2. The Balaban J connectivity index is 1.85. The van der Waals surface area contributed by atoms with E-state index in [0.29, 0.717) is 0 Å². The van der Waals surface area contributed by atoms with E-state index < -0.39 is 0 Å². The fourth-order valence-corrected chi connectivity index (χ4v) is 3.01. The predicted molar refractivity (Wildman–Crippen MR) is 76.7 cm³/mol. The fraction of sp³-hybridized carbons (Fsp3) is 0.538. The quantitative estimate of drug-likeness (QED) is 0.679. The molecule has 0 aromatic heterocycles. The van der Waals surface area contributed by atoms with Crippen LogP contribution in [0.5, 0.6) is 0 Å². The van der Waals surface area contributed by atoms with Gasteiger partial charge in [0.25, 0.3) is 0 Å². The molecular formula is C13H17IN2. The minimum absolute atomic E-state index is 0.803. The summed E-state index contributed by atoms with van der Waals surface area (Å²) in [5.41, 5.74) is 8.07. The molecule has 0 heterocycles. The molecule has 0 unspecified atom stereocenters. The van der Waals surface area contributed by atoms with Crippen molar-refractivity contribution in [1.29, 1.82) is 0 Å². The second-order valence-corrected chi connectivity index (χ2v) is 6.20. The molecule has 0 radical (unpaired) electrons. The van der Waals surface area contributed by atoms with Gasteiger partial charge in [0.05, 0.1) is 5.69 Å². The number of hydrogen-bond donors (Lipinski definition) is 1. The van der Waals surface area contributed by atoms with Crippen molar-refractivity contribution in [3.05, 3.63) is 21.8 Å². The van der Waals surface area contributed by atoms with Gasteiger partial charge in [-0.1, -0.05) is 0 Å². The second-order valence-electron chi connectivity index (χ2n) is 5.04. The molecule has 2 saturated carbocycles. The minimum Gasteiger partial charge on any atom is -0.399 e. The van der Waals surface area contributed by atoms with Gasteiger partial charge in [0, 0.05) is 21.8 Å². The van der Waals surface area contributed by atoms with E-state index in [1.54, 1.807) is 0 Å². The molecule has 16 heavy (non-hydrogen) atoms. The minimum atomic E-state index is 0.803. The Morgan fingerprint density at radius 2 is 2.00 bits per heavy atom. The number of rotatable bonds is 4. The van der Waals surface area contributed by atoms with Crippen LogP contribution in [-0.4, -0.2) is 12.6 Å². The summed E-state index contributed by atoms with van der Waals surface area (Å²) in [5.74, 6) is 0.953. The molecule has 2 N–H and O–H groups in total. The third-order valence-corrected chi connectivity index (χ3v) is 4.28. The van der Waals surface area contributed by atoms with Gasteiger partial charge < -0.3 is 10.6 Å². The van der Waals surface area contributed by atoms with Crippen LogP contribution in [0.25, 0.3) is 0 Å². The second kappa shape index (κ2) is 4.09. The van der Waals surface area contributed by atoms with Crippen molar-refractivity contribution in [2.45, 2.75) is 31.7 Å². The van der Waals surface area contributed by atoms with Crippen LogP contribution >= 0.6 is 22.6 Å². The molecule has 2 nitrogen and oxygen atoms in total. The summed E-state index contributed by atoms with van der Waals surface area (Å²) in [6, 6.07) is 7.10. The third-order valence-electron chi connectivity index (χ3n) is 3.42. The standard InChI is InChI=1S/C13H17IN2/c14-12-7-10(15)3-6-13(12)16(11-4-5-11)8-9-1-2-9/h3,6-7,9,11H,1-2,4-5,8,15H2. The third kappa shape index (κ3) is 2.29. The van der Waals surface area contributed by atoms with Crippen LogP contribution < -0.4 is 10.6 Å². The normalized spacial score (nSPS) is 19.8. The van der Waals surface area contributed by atoms with E-state index in [9.17, 15) is 0 Å². The lowest BCUT2D eigenvalue weighted by molar-refractivity contribution is 0.717. The van der Waals surface area contributed by atoms with E-state index in [1.165, 1.54) is 41.5 Å². The van der Waals surface area contributed by atoms with Gasteiger partial charge in [-0.15, -0.1) is 0 Å². The van der Waals surface area contributed by atoms with Crippen molar-refractivity contribution in [2.75, 3.05) is 17.2 Å². The Kier molecular flexibility index (Phi) is 2.73. The highest BCUT2D eigenvalue weighted by atomic mass is 127. The molecule has 0 aliphatic heterocycles. The van der Waals surface area contributed by atoms with Crippen molar-refractivity contribution in [1.82, 2.24) is 0 Å². The van der Waals surface area contributed by atoms with Crippen LogP contribution in [0.15, 0.2) is 18.2 Å². The van der Waals surface area contributed by atoms with Gasteiger partial charge in [-0.2, -0.15) is 0 Å². The molecule has 0 atom stereocenters. The van der Waals surface area contributed by atoms with E-state index in [0.717, 1.165) is 17.6 Å². The van der Waals surface area contributed by atoms with Crippen molar-refractivity contribution in [2.24, 2.45) is 5.92 Å². The lowest BCUT2D eigenvalue weighted by Crippen LogP contribution is -2.28. The van der Waals surface area contributed by atoms with Gasteiger partial charge in [0.15, 0.2) is 0 Å². The zero-order valence-electron chi connectivity index (χ0n) is 9.32. The van der Waals surface area contributed by atoms with Crippen LogP contribution in [0.2, 0.25) is 0 Å². The first-order valence-electron chi connectivity index (χ1n) is 6.05. The summed E-state index contributed by atoms with van der Waals surface area (Å²) in [4.78, 5) is 2.61. The maximum absolute atomic E-state index is 5.81. The van der Waals surface area contributed by atoms with E-state index in [-0.39, 0.29) is 0 Å². The number of nitrogens with two attached hydrogens (primary N) is 1. The Hall–Kier alpha value is -0.450. The number of nitrogen functional groups attached to an aromatic ring is 1. The largest absolute Gasteiger partial charge is 0.399 e. The van der Waals surface area contributed by atoms with E-state index >= 15 is 0 Å². The maximum Gasteiger partial charge on any atom is 0.0506 e. The SMILES string of the molecule is Nc1ccc(N(CC2CC2)C2CC2)c(I)c1. The molecule has 1 aromatic carbocycles. The number of hydrogen-bond acceptors (Lipinski definition) is 2. The fourth-order valence-electron chi connectivity index (χ4n) is 2.16. The summed E-state index contributed by atoms with van der Waals surface area (Å²) in [5, 5.41) is 0. The molecule has 2 aliphatic carbocycles. The molecule has 86 valence electrons. The average Bonchev–Trinajstić information content (AvgIpc) is 3.11. The summed E-state index contributed by atoms with van der Waals surface area (Å²) in [6.45, 7) is 1.25. The van der Waals surface area contributed by atoms with Crippen molar-refractivity contribution >= 4 is 34.0 Å². The first-order chi connectivity index (χ1) is 7.74. The zero-order chi connectivity index (χ0) is 11.1. The molecule has 2 aliphatic rings. The highest BCUT2D eigenvalue weighted by molar-refractivity contribution is 14.1. The Morgan fingerprint density at radius 3 is 2.56 bits per heavy atom. The molecule has 1 aromatic rings. The van der Waals surface area contributed by atoms with Gasteiger partial charge in [0.2, 0.25) is 0 Å². The molecule has 0 bridgehead atoms. The van der Waals surface area contributed by atoms with Crippen LogP contribution in [0.3, 0.4) is 0 Å². The summed E-state index contributed by atoms with van der Waals surface area (Å²) >= 11 is 2.41. The zero-order valence-corrected chi connectivity index (χ0v) is 11.5. The van der Waals surface area contributed by atoms with Crippen molar-refractivity contribution in [3.8, 4) is 0 Å². The van der Waals surface area contributed by atoms with Crippen LogP contribution in [-0.2, 0) is 0 Å². The first-order valence-corrected chi connectivity index (χ1v) is 7.13. The van der Waals surface area contributed by atoms with Crippen LogP contribution in [0.1, 0.15) is 25.7 Å². The summed E-state index contributed by atoms with van der Waals surface area (Å²) < 4.78 is 1.30. The highest BCUT2D eigenvalue weighted by Crippen LogP contribution is 2.39. The van der Waals surface area contributed by atoms with Crippen molar-refractivity contribution in [3.63, 3.8) is 0 Å². The van der Waals surface area contributed by atoms with Gasteiger partial charge in [0.1, 0.15) is 0 Å². The lowest BCUT2D eigenvalue weighted by atomic mass is 10.2. The maximum atomic E-state index is 5.81. The van der Waals surface area contributed by atoms with Crippen LogP contribution in [0.4, 0.5) is 11.4 Å². The van der Waals surface area contributed by atoms with Crippen molar-refractivity contribution < 1.29 is 0 Å². The lowest BCUT2D eigenvalue weighted by Gasteiger charge is -2.26. The molecule has 3 rings (SSSR count). The number of benzene rings is 1. The summed E-state index contributed by atoms with van der Waals surface area (Å²) in [7, 11) is 0. The van der Waals surface area contributed by atoms with E-state index in [2.05, 4.69) is 39.6 Å². The topological polar surface area (TPSA) is 29.3 Å². The van der Waals surface area contributed by atoms with Gasteiger partial charge >= 0.3 is 0 Å². The first kappa shape index (κ1) is 10.7. The van der Waals surface area contributed by atoms with Gasteiger partial charge in [-0.3, -0.25) is 0 Å². The van der Waals surface area contributed by atoms with Gasteiger partial charge in [-0.25, -0.2) is 0 Å². The molecule has 0 spiro atoms. The molecule has 3 heteroatoms. The molecule has 0 saturated heterocycles.